The van der Waals surface area contributed by atoms with Gasteiger partial charge in [-0.05, 0) is 12.1 Å². The number of aromatic nitrogens is 4. The molecular formula is C13H12FN5. The van der Waals surface area contributed by atoms with Crippen LogP contribution in [0.15, 0.2) is 30.6 Å². The lowest BCUT2D eigenvalue weighted by molar-refractivity contribution is 0.628. The van der Waals surface area contributed by atoms with E-state index in [9.17, 15) is 4.39 Å². The second kappa shape index (κ2) is 4.31. The monoisotopic (exact) mass is 257 g/mol. The molecule has 0 radical (unpaired) electrons. The lowest BCUT2D eigenvalue weighted by atomic mass is 10.2. The molecule has 0 aliphatic carbocycles. The Morgan fingerprint density at radius 2 is 2.05 bits per heavy atom. The Labute approximate surface area is 109 Å². The summed E-state index contributed by atoms with van der Waals surface area (Å²) in [6.45, 7) is 0. The van der Waals surface area contributed by atoms with Gasteiger partial charge in [0.25, 0.3) is 0 Å². The number of rotatable bonds is 2. The van der Waals surface area contributed by atoms with E-state index in [-0.39, 0.29) is 5.82 Å². The van der Waals surface area contributed by atoms with Gasteiger partial charge in [-0.15, -0.1) is 0 Å². The van der Waals surface area contributed by atoms with E-state index in [4.69, 9.17) is 0 Å². The topological polar surface area (TPSA) is 57.7 Å². The fourth-order valence-corrected chi connectivity index (χ4v) is 1.92. The SMILES string of the molecule is CN(C)c1ncnc2[nH]c(-c3cccc(F)c3)nc12. The molecule has 0 aliphatic heterocycles. The summed E-state index contributed by atoms with van der Waals surface area (Å²) >= 11 is 0. The van der Waals surface area contributed by atoms with E-state index >= 15 is 0 Å². The summed E-state index contributed by atoms with van der Waals surface area (Å²) < 4.78 is 13.2. The molecule has 1 aromatic carbocycles. The van der Waals surface area contributed by atoms with Crippen molar-refractivity contribution in [2.24, 2.45) is 0 Å². The second-order valence-corrected chi connectivity index (χ2v) is 4.38. The first kappa shape index (κ1) is 11.6. The van der Waals surface area contributed by atoms with Gasteiger partial charge < -0.3 is 9.88 Å². The van der Waals surface area contributed by atoms with E-state index in [1.54, 1.807) is 12.1 Å². The molecule has 1 N–H and O–H groups in total. The van der Waals surface area contributed by atoms with E-state index in [0.717, 1.165) is 5.82 Å². The Hall–Kier alpha value is -2.50. The summed E-state index contributed by atoms with van der Waals surface area (Å²) in [4.78, 5) is 17.7. The highest BCUT2D eigenvalue weighted by Gasteiger charge is 2.12. The van der Waals surface area contributed by atoms with Crippen LogP contribution in [0.1, 0.15) is 0 Å². The maximum Gasteiger partial charge on any atom is 0.163 e. The normalized spacial score (nSPS) is 10.9. The van der Waals surface area contributed by atoms with Gasteiger partial charge in [0.05, 0.1) is 0 Å². The molecule has 0 amide bonds. The fourth-order valence-electron chi connectivity index (χ4n) is 1.92. The molecule has 0 fully saturated rings. The van der Waals surface area contributed by atoms with Crippen LogP contribution in [-0.4, -0.2) is 34.0 Å². The van der Waals surface area contributed by atoms with Crippen LogP contribution in [0.25, 0.3) is 22.6 Å². The van der Waals surface area contributed by atoms with E-state index < -0.39 is 0 Å². The summed E-state index contributed by atoms with van der Waals surface area (Å²) in [5.74, 6) is 1.01. The summed E-state index contributed by atoms with van der Waals surface area (Å²) in [6.07, 6.45) is 1.48. The number of halogens is 1. The van der Waals surface area contributed by atoms with E-state index in [1.165, 1.54) is 18.5 Å². The lowest BCUT2D eigenvalue weighted by Gasteiger charge is -2.09. The largest absolute Gasteiger partial charge is 0.361 e. The van der Waals surface area contributed by atoms with Crippen LogP contribution in [0.4, 0.5) is 10.2 Å². The molecule has 0 saturated heterocycles. The van der Waals surface area contributed by atoms with Crippen molar-refractivity contribution < 1.29 is 4.39 Å². The number of hydrogen-bond acceptors (Lipinski definition) is 4. The second-order valence-electron chi connectivity index (χ2n) is 4.38. The van der Waals surface area contributed by atoms with Crippen molar-refractivity contribution in [2.45, 2.75) is 0 Å². The summed E-state index contributed by atoms with van der Waals surface area (Å²) in [7, 11) is 3.77. The third-order valence-electron chi connectivity index (χ3n) is 2.79. The van der Waals surface area contributed by atoms with Gasteiger partial charge in [0.1, 0.15) is 18.0 Å². The van der Waals surface area contributed by atoms with Crippen LogP contribution in [0.2, 0.25) is 0 Å². The number of fused-ring (bicyclic) bond motifs is 1. The third kappa shape index (κ3) is 2.01. The van der Waals surface area contributed by atoms with Crippen LogP contribution in [0.5, 0.6) is 0 Å². The van der Waals surface area contributed by atoms with Gasteiger partial charge in [-0.2, -0.15) is 0 Å². The number of anilines is 1. The van der Waals surface area contributed by atoms with E-state index in [1.807, 2.05) is 19.0 Å². The average Bonchev–Trinajstić information content (AvgIpc) is 2.82. The standard InChI is InChI=1S/C13H12FN5/c1-19(2)13-10-12(15-7-16-13)18-11(17-10)8-4-3-5-9(14)6-8/h3-7H,1-2H3,(H,15,16,17,18). The molecule has 0 aliphatic rings. The van der Waals surface area contributed by atoms with Gasteiger partial charge in [0, 0.05) is 19.7 Å². The predicted octanol–water partition coefficient (Wildman–Crippen LogP) is 2.22. The number of H-pyrrole nitrogens is 1. The zero-order chi connectivity index (χ0) is 13.4. The number of aromatic amines is 1. The van der Waals surface area contributed by atoms with Gasteiger partial charge in [-0.1, -0.05) is 12.1 Å². The molecule has 0 unspecified atom stereocenters. The van der Waals surface area contributed by atoms with Crippen molar-refractivity contribution in [3.8, 4) is 11.4 Å². The van der Waals surface area contributed by atoms with Crippen LogP contribution in [-0.2, 0) is 0 Å². The number of benzene rings is 1. The Balaban J connectivity index is 2.19. The van der Waals surface area contributed by atoms with Gasteiger partial charge in [0.2, 0.25) is 0 Å². The van der Waals surface area contributed by atoms with Crippen molar-refractivity contribution in [1.29, 1.82) is 0 Å². The highest BCUT2D eigenvalue weighted by atomic mass is 19.1. The minimum Gasteiger partial charge on any atom is -0.361 e. The number of imidazole rings is 1. The molecule has 0 saturated carbocycles. The first-order valence-corrected chi connectivity index (χ1v) is 5.79. The summed E-state index contributed by atoms with van der Waals surface area (Å²) in [5, 5.41) is 0. The Morgan fingerprint density at radius 3 is 2.79 bits per heavy atom. The van der Waals surface area contributed by atoms with Gasteiger partial charge in [-0.3, -0.25) is 0 Å². The summed E-state index contributed by atoms with van der Waals surface area (Å²) in [6, 6.07) is 6.28. The molecule has 0 bridgehead atoms. The average molecular weight is 257 g/mol. The van der Waals surface area contributed by atoms with E-state index in [0.29, 0.717) is 22.6 Å². The first-order chi connectivity index (χ1) is 9.15. The first-order valence-electron chi connectivity index (χ1n) is 5.79. The molecule has 6 heteroatoms. The highest BCUT2D eigenvalue weighted by molar-refractivity contribution is 5.85. The quantitative estimate of drug-likeness (QED) is 0.764. The van der Waals surface area contributed by atoms with Gasteiger partial charge in [-0.25, -0.2) is 19.3 Å². The Morgan fingerprint density at radius 1 is 1.21 bits per heavy atom. The maximum atomic E-state index is 13.2. The molecule has 3 rings (SSSR count). The fraction of sp³-hybridized carbons (Fsp3) is 0.154. The molecule has 0 atom stereocenters. The maximum absolute atomic E-state index is 13.2. The molecule has 3 aromatic rings. The smallest absolute Gasteiger partial charge is 0.163 e. The van der Waals surface area contributed by atoms with Crippen LogP contribution < -0.4 is 4.90 Å². The number of nitrogens with zero attached hydrogens (tertiary/aromatic N) is 4. The summed E-state index contributed by atoms with van der Waals surface area (Å²) in [5.41, 5.74) is 1.99. The zero-order valence-electron chi connectivity index (χ0n) is 10.6. The van der Waals surface area contributed by atoms with Crippen molar-refractivity contribution in [3.05, 3.63) is 36.4 Å². The van der Waals surface area contributed by atoms with Crippen molar-refractivity contribution in [3.63, 3.8) is 0 Å². The van der Waals surface area contributed by atoms with Crippen LogP contribution in [0.3, 0.4) is 0 Å². The van der Waals surface area contributed by atoms with Crippen LogP contribution in [0, 0.1) is 5.82 Å². The zero-order valence-corrected chi connectivity index (χ0v) is 10.6. The molecule has 2 aromatic heterocycles. The van der Waals surface area contributed by atoms with Crippen molar-refractivity contribution in [2.75, 3.05) is 19.0 Å². The predicted molar refractivity (Wildman–Crippen MR) is 71.4 cm³/mol. The van der Waals surface area contributed by atoms with Crippen molar-refractivity contribution in [1.82, 2.24) is 19.9 Å². The third-order valence-corrected chi connectivity index (χ3v) is 2.79. The molecule has 19 heavy (non-hydrogen) atoms. The van der Waals surface area contributed by atoms with Gasteiger partial charge in [0.15, 0.2) is 17.0 Å². The molecule has 0 spiro atoms. The molecule has 96 valence electrons. The van der Waals surface area contributed by atoms with E-state index in [2.05, 4.69) is 19.9 Å². The Bertz CT molecular complexity index is 735. The number of hydrogen-bond donors (Lipinski definition) is 1. The number of nitrogens with one attached hydrogen (secondary N) is 1. The highest BCUT2D eigenvalue weighted by Crippen LogP contribution is 2.24. The molecule has 2 heterocycles. The molecular weight excluding hydrogens is 245 g/mol. The van der Waals surface area contributed by atoms with Crippen molar-refractivity contribution >= 4 is 17.0 Å². The Kier molecular flexibility index (Phi) is 2.63. The lowest BCUT2D eigenvalue weighted by Crippen LogP contribution is -2.11. The van der Waals surface area contributed by atoms with Crippen LogP contribution >= 0.6 is 0 Å². The van der Waals surface area contributed by atoms with Gasteiger partial charge >= 0.3 is 0 Å². The molecule has 5 nitrogen and oxygen atoms in total. The minimum atomic E-state index is -0.295. The minimum absolute atomic E-state index is 0.295.